The van der Waals surface area contributed by atoms with E-state index in [1.54, 1.807) is 6.92 Å². The summed E-state index contributed by atoms with van der Waals surface area (Å²) in [6.07, 6.45) is 3.02. The molecule has 1 aliphatic rings. The third kappa shape index (κ3) is 3.08. The maximum Gasteiger partial charge on any atom is 0.134 e. The van der Waals surface area contributed by atoms with Crippen LogP contribution in [-0.2, 0) is 11.2 Å². The largest absolute Gasteiger partial charge is 0.492 e. The van der Waals surface area contributed by atoms with Crippen LogP contribution in [-0.4, -0.2) is 12.4 Å². The molecule has 0 spiro atoms. The molecule has 2 rings (SSSR count). The highest BCUT2D eigenvalue weighted by Crippen LogP contribution is 2.33. The Kier molecular flexibility index (Phi) is 3.64. The van der Waals surface area contributed by atoms with Gasteiger partial charge in [0, 0.05) is 6.42 Å². The van der Waals surface area contributed by atoms with E-state index in [0.29, 0.717) is 6.42 Å². The van der Waals surface area contributed by atoms with E-state index in [1.807, 2.05) is 18.2 Å². The lowest BCUT2D eigenvalue weighted by Crippen LogP contribution is -2.02. The number of carbonyl (C=O) groups excluding carboxylic acids is 1. The van der Waals surface area contributed by atoms with Crippen molar-refractivity contribution < 1.29 is 9.53 Å². The summed E-state index contributed by atoms with van der Waals surface area (Å²) in [4.78, 5) is 11.1. The highest BCUT2D eigenvalue weighted by molar-refractivity contribution is 9.10. The average molecular weight is 283 g/mol. The molecule has 1 fully saturated rings. The van der Waals surface area contributed by atoms with E-state index in [-0.39, 0.29) is 5.78 Å². The van der Waals surface area contributed by atoms with Crippen molar-refractivity contribution >= 4 is 21.7 Å². The van der Waals surface area contributed by atoms with Crippen LogP contribution in [0.15, 0.2) is 22.7 Å². The predicted octanol–water partition coefficient (Wildman–Crippen LogP) is 3.37. The Labute approximate surface area is 104 Å². The number of ketones is 1. The first-order valence-electron chi connectivity index (χ1n) is 5.56. The first-order valence-corrected chi connectivity index (χ1v) is 6.35. The predicted molar refractivity (Wildman–Crippen MR) is 66.7 cm³/mol. The van der Waals surface area contributed by atoms with E-state index < -0.39 is 0 Å². The van der Waals surface area contributed by atoms with Gasteiger partial charge in [0.1, 0.15) is 11.5 Å². The fraction of sp³-hybridized carbons (Fsp3) is 0.462. The van der Waals surface area contributed by atoms with Crippen molar-refractivity contribution in [2.75, 3.05) is 6.61 Å². The van der Waals surface area contributed by atoms with Gasteiger partial charge in [-0.3, -0.25) is 4.79 Å². The molecule has 1 saturated carbocycles. The van der Waals surface area contributed by atoms with Gasteiger partial charge in [-0.2, -0.15) is 0 Å². The lowest BCUT2D eigenvalue weighted by molar-refractivity contribution is -0.116. The summed E-state index contributed by atoms with van der Waals surface area (Å²) >= 11 is 3.50. The highest BCUT2D eigenvalue weighted by atomic mass is 79.9. The molecule has 1 aromatic rings. The molecule has 1 aliphatic carbocycles. The molecule has 0 aliphatic heterocycles. The summed E-state index contributed by atoms with van der Waals surface area (Å²) in [5, 5.41) is 0. The zero-order valence-corrected chi connectivity index (χ0v) is 10.9. The zero-order chi connectivity index (χ0) is 11.5. The minimum absolute atomic E-state index is 0.167. The van der Waals surface area contributed by atoms with E-state index in [1.165, 1.54) is 12.8 Å². The second kappa shape index (κ2) is 5.00. The maximum atomic E-state index is 11.1. The summed E-state index contributed by atoms with van der Waals surface area (Å²) < 4.78 is 6.65. The van der Waals surface area contributed by atoms with Crippen LogP contribution in [0.25, 0.3) is 0 Å². The minimum Gasteiger partial charge on any atom is -0.492 e. The lowest BCUT2D eigenvalue weighted by atomic mass is 10.1. The molecule has 3 heteroatoms. The smallest absolute Gasteiger partial charge is 0.134 e. The van der Waals surface area contributed by atoms with Crippen molar-refractivity contribution in [2.45, 2.75) is 26.2 Å². The minimum atomic E-state index is 0.167. The van der Waals surface area contributed by atoms with Gasteiger partial charge in [-0.05, 0) is 53.2 Å². The third-order valence-corrected chi connectivity index (χ3v) is 3.55. The number of ether oxygens (including phenoxy) is 1. The van der Waals surface area contributed by atoms with Crippen molar-refractivity contribution in [2.24, 2.45) is 5.92 Å². The standard InChI is InChI=1S/C13H15BrO2/c1-9(15)7-11-3-2-4-12(13(11)14)16-8-10-5-6-10/h2-4,10H,5-8H2,1H3. The van der Waals surface area contributed by atoms with Crippen LogP contribution in [0.4, 0.5) is 0 Å². The van der Waals surface area contributed by atoms with Crippen molar-refractivity contribution in [3.8, 4) is 5.75 Å². The summed E-state index contributed by atoms with van der Waals surface area (Å²) in [7, 11) is 0. The number of rotatable bonds is 5. The molecule has 0 heterocycles. The third-order valence-electron chi connectivity index (χ3n) is 2.65. The van der Waals surface area contributed by atoms with E-state index >= 15 is 0 Å². The van der Waals surface area contributed by atoms with Crippen molar-refractivity contribution in [1.82, 2.24) is 0 Å². The van der Waals surface area contributed by atoms with Crippen LogP contribution in [0.1, 0.15) is 25.3 Å². The number of hydrogen-bond acceptors (Lipinski definition) is 2. The topological polar surface area (TPSA) is 26.3 Å². The fourth-order valence-corrected chi connectivity index (χ4v) is 2.08. The Morgan fingerprint density at radius 3 is 2.88 bits per heavy atom. The van der Waals surface area contributed by atoms with Crippen LogP contribution < -0.4 is 4.74 Å². The second-order valence-electron chi connectivity index (χ2n) is 4.36. The molecule has 86 valence electrons. The number of benzene rings is 1. The van der Waals surface area contributed by atoms with Gasteiger partial charge in [0.25, 0.3) is 0 Å². The molecule has 16 heavy (non-hydrogen) atoms. The average Bonchev–Trinajstić information content (AvgIpc) is 3.02. The quantitative estimate of drug-likeness (QED) is 0.828. The van der Waals surface area contributed by atoms with Gasteiger partial charge in [0.05, 0.1) is 11.1 Å². The van der Waals surface area contributed by atoms with Gasteiger partial charge < -0.3 is 4.74 Å². The van der Waals surface area contributed by atoms with Gasteiger partial charge in [0.2, 0.25) is 0 Å². The Morgan fingerprint density at radius 2 is 2.25 bits per heavy atom. The van der Waals surface area contributed by atoms with Crippen LogP contribution in [0, 0.1) is 5.92 Å². The van der Waals surface area contributed by atoms with Gasteiger partial charge in [0.15, 0.2) is 0 Å². The first-order chi connectivity index (χ1) is 7.66. The van der Waals surface area contributed by atoms with Crippen molar-refractivity contribution in [3.63, 3.8) is 0 Å². The first kappa shape index (κ1) is 11.6. The summed E-state index contributed by atoms with van der Waals surface area (Å²) in [5.41, 5.74) is 1.00. The van der Waals surface area contributed by atoms with E-state index in [2.05, 4.69) is 15.9 Å². The number of hydrogen-bond donors (Lipinski definition) is 0. The molecule has 0 aromatic heterocycles. The molecule has 0 unspecified atom stereocenters. The molecule has 1 aromatic carbocycles. The second-order valence-corrected chi connectivity index (χ2v) is 5.16. The van der Waals surface area contributed by atoms with E-state index in [4.69, 9.17) is 4.74 Å². The lowest BCUT2D eigenvalue weighted by Gasteiger charge is -2.10. The molecule has 0 bridgehead atoms. The van der Waals surface area contributed by atoms with Gasteiger partial charge >= 0.3 is 0 Å². The van der Waals surface area contributed by atoms with Gasteiger partial charge in [-0.25, -0.2) is 0 Å². The zero-order valence-electron chi connectivity index (χ0n) is 9.33. The van der Waals surface area contributed by atoms with Crippen molar-refractivity contribution in [1.29, 1.82) is 0 Å². The molecule has 2 nitrogen and oxygen atoms in total. The van der Waals surface area contributed by atoms with Crippen LogP contribution in [0.5, 0.6) is 5.75 Å². The molecular formula is C13H15BrO2. The molecule has 0 atom stereocenters. The molecular weight excluding hydrogens is 268 g/mol. The molecule has 0 saturated heterocycles. The SMILES string of the molecule is CC(=O)Cc1cccc(OCC2CC2)c1Br. The Morgan fingerprint density at radius 1 is 1.50 bits per heavy atom. The molecule has 0 N–H and O–H groups in total. The fourth-order valence-electron chi connectivity index (χ4n) is 1.56. The number of Topliss-reactive ketones (excluding diaryl/α,β-unsaturated/α-hetero) is 1. The Bertz CT molecular complexity index is 397. The normalized spacial score (nSPS) is 14.9. The molecule has 0 radical (unpaired) electrons. The number of carbonyl (C=O) groups is 1. The van der Waals surface area contributed by atoms with Crippen LogP contribution >= 0.6 is 15.9 Å². The summed E-state index contributed by atoms with van der Waals surface area (Å²) in [6, 6.07) is 5.83. The van der Waals surface area contributed by atoms with Crippen LogP contribution in [0.2, 0.25) is 0 Å². The Hall–Kier alpha value is -0.830. The van der Waals surface area contributed by atoms with E-state index in [0.717, 1.165) is 28.3 Å². The summed E-state index contributed by atoms with van der Waals surface area (Å²) in [6.45, 7) is 2.40. The molecule has 0 amide bonds. The van der Waals surface area contributed by atoms with Gasteiger partial charge in [-0.1, -0.05) is 12.1 Å². The highest BCUT2D eigenvalue weighted by Gasteiger charge is 2.22. The number of halogens is 1. The Balaban J connectivity index is 2.07. The van der Waals surface area contributed by atoms with Crippen molar-refractivity contribution in [3.05, 3.63) is 28.2 Å². The maximum absolute atomic E-state index is 11.1. The van der Waals surface area contributed by atoms with Gasteiger partial charge in [-0.15, -0.1) is 0 Å². The van der Waals surface area contributed by atoms with Crippen LogP contribution in [0.3, 0.4) is 0 Å². The monoisotopic (exact) mass is 282 g/mol. The summed E-state index contributed by atoms with van der Waals surface area (Å²) in [5.74, 6) is 1.76. The van der Waals surface area contributed by atoms with E-state index in [9.17, 15) is 4.79 Å².